The van der Waals surface area contributed by atoms with Gasteiger partial charge in [-0.3, -0.25) is 9.69 Å². The summed E-state index contributed by atoms with van der Waals surface area (Å²) < 4.78 is 63.0. The fourth-order valence-corrected chi connectivity index (χ4v) is 3.14. The molecule has 3 rings (SSSR count). The lowest BCUT2D eigenvalue weighted by Crippen LogP contribution is -2.51. The van der Waals surface area contributed by atoms with Gasteiger partial charge in [-0.25, -0.2) is 19.2 Å². The Morgan fingerprint density at radius 3 is 2.42 bits per heavy atom. The summed E-state index contributed by atoms with van der Waals surface area (Å²) in [6.07, 6.45) is -3.90. The lowest BCUT2D eigenvalue weighted by molar-refractivity contribution is -0.138. The highest BCUT2D eigenvalue weighted by Gasteiger charge is 2.33. The third-order valence-corrected chi connectivity index (χ3v) is 4.78. The smallest absolute Gasteiger partial charge is 0.419 e. The molecule has 10 nitrogen and oxygen atoms in total. The molecule has 1 aliphatic rings. The van der Waals surface area contributed by atoms with Crippen LogP contribution in [0.1, 0.15) is 33.3 Å². The first kappa shape index (κ1) is 26.9. The van der Waals surface area contributed by atoms with Gasteiger partial charge in [0, 0.05) is 25.5 Å². The molecule has 196 valence electrons. The predicted molar refractivity (Wildman–Crippen MR) is 120 cm³/mol. The van der Waals surface area contributed by atoms with Gasteiger partial charge in [-0.1, -0.05) is 0 Å². The van der Waals surface area contributed by atoms with Gasteiger partial charge in [0.2, 0.25) is 11.9 Å². The molecule has 0 aliphatic carbocycles. The van der Waals surface area contributed by atoms with Crippen molar-refractivity contribution in [3.05, 3.63) is 35.9 Å². The molecular formula is C22H26F4N6O4. The number of alkyl halides is 3. The number of aromatic nitrogens is 3. The SMILES string of the molecule is C[C@@H](COc1nc(N2CCN(c3ncc(C(F)(F)F)cn3)CC2=O)ccc1F)NC(=O)OC(C)(C)C. The second-order valence-electron chi connectivity index (χ2n) is 9.05. The molecule has 1 fully saturated rings. The maximum atomic E-state index is 14.3. The van der Waals surface area contributed by atoms with E-state index in [0.717, 1.165) is 6.07 Å². The van der Waals surface area contributed by atoms with E-state index in [-0.39, 0.29) is 43.9 Å². The molecule has 14 heteroatoms. The zero-order chi connectivity index (χ0) is 26.7. The summed E-state index contributed by atoms with van der Waals surface area (Å²) in [4.78, 5) is 38.8. The Bertz CT molecular complexity index is 1090. The lowest BCUT2D eigenvalue weighted by atomic mass is 10.2. The molecule has 1 atom stereocenters. The fourth-order valence-electron chi connectivity index (χ4n) is 3.14. The van der Waals surface area contributed by atoms with E-state index in [4.69, 9.17) is 9.47 Å². The van der Waals surface area contributed by atoms with E-state index in [9.17, 15) is 27.2 Å². The molecule has 1 saturated heterocycles. The number of carbonyl (C=O) groups is 2. The number of ether oxygens (including phenoxy) is 2. The number of hydrogen-bond acceptors (Lipinski definition) is 8. The second-order valence-corrected chi connectivity index (χ2v) is 9.05. The van der Waals surface area contributed by atoms with E-state index in [1.54, 1.807) is 27.7 Å². The van der Waals surface area contributed by atoms with Crippen molar-refractivity contribution in [2.75, 3.05) is 36.0 Å². The number of hydrogen-bond donors (Lipinski definition) is 1. The molecule has 0 aromatic carbocycles. The number of halogens is 4. The Morgan fingerprint density at radius 1 is 1.17 bits per heavy atom. The van der Waals surface area contributed by atoms with Crippen molar-refractivity contribution < 1.29 is 36.6 Å². The van der Waals surface area contributed by atoms with Crippen LogP contribution in [-0.4, -0.2) is 64.8 Å². The van der Waals surface area contributed by atoms with Crippen molar-refractivity contribution in [1.82, 2.24) is 20.3 Å². The highest BCUT2D eigenvalue weighted by atomic mass is 19.4. The zero-order valence-electron chi connectivity index (χ0n) is 20.1. The highest BCUT2D eigenvalue weighted by molar-refractivity contribution is 5.96. The molecule has 0 spiro atoms. The Hall–Kier alpha value is -3.71. The second kappa shape index (κ2) is 10.5. The van der Waals surface area contributed by atoms with Crippen LogP contribution in [0.3, 0.4) is 0 Å². The quantitative estimate of drug-likeness (QED) is 0.586. The van der Waals surface area contributed by atoms with E-state index in [0.29, 0.717) is 12.4 Å². The molecule has 1 aliphatic heterocycles. The van der Waals surface area contributed by atoms with Crippen LogP contribution in [0.25, 0.3) is 0 Å². The first-order valence-electron chi connectivity index (χ1n) is 11.0. The van der Waals surface area contributed by atoms with Gasteiger partial charge in [-0.05, 0) is 39.8 Å². The van der Waals surface area contributed by atoms with Crippen LogP contribution < -0.4 is 19.9 Å². The zero-order valence-corrected chi connectivity index (χ0v) is 20.1. The van der Waals surface area contributed by atoms with E-state index in [1.165, 1.54) is 15.9 Å². The van der Waals surface area contributed by atoms with E-state index >= 15 is 0 Å². The summed E-state index contributed by atoms with van der Waals surface area (Å²) in [5.41, 5.74) is -1.67. The molecule has 2 aromatic rings. The molecular weight excluding hydrogens is 488 g/mol. The number of nitrogens with zero attached hydrogens (tertiary/aromatic N) is 5. The monoisotopic (exact) mass is 514 g/mol. The van der Waals surface area contributed by atoms with E-state index < -0.39 is 41.2 Å². The van der Waals surface area contributed by atoms with Crippen LogP contribution in [0, 0.1) is 5.82 Å². The third-order valence-electron chi connectivity index (χ3n) is 4.78. The summed E-state index contributed by atoms with van der Waals surface area (Å²) in [5.74, 6) is -1.43. The third kappa shape index (κ3) is 7.15. The molecule has 0 radical (unpaired) electrons. The minimum Gasteiger partial charge on any atom is -0.473 e. The van der Waals surface area contributed by atoms with Crippen LogP contribution in [-0.2, 0) is 15.7 Å². The first-order chi connectivity index (χ1) is 16.7. The average Bonchev–Trinajstić information content (AvgIpc) is 2.77. The fraction of sp³-hybridized carbons (Fsp3) is 0.500. The summed E-state index contributed by atoms with van der Waals surface area (Å²) >= 11 is 0. The highest BCUT2D eigenvalue weighted by Crippen LogP contribution is 2.29. The number of piperazine rings is 1. The maximum Gasteiger partial charge on any atom is 0.419 e. The number of pyridine rings is 1. The first-order valence-corrected chi connectivity index (χ1v) is 11.0. The van der Waals surface area contributed by atoms with Crippen molar-refractivity contribution in [3.8, 4) is 5.88 Å². The molecule has 2 amide bonds. The van der Waals surface area contributed by atoms with Gasteiger partial charge in [0.05, 0.1) is 11.6 Å². The average molecular weight is 514 g/mol. The minimum absolute atomic E-state index is 0.0152. The Morgan fingerprint density at radius 2 is 1.83 bits per heavy atom. The van der Waals surface area contributed by atoms with Crippen LogP contribution in [0.15, 0.2) is 24.5 Å². The minimum atomic E-state index is -4.56. The normalized spacial score (nSPS) is 15.5. The molecule has 0 unspecified atom stereocenters. The van der Waals surface area contributed by atoms with Gasteiger partial charge in [0.1, 0.15) is 24.6 Å². The topological polar surface area (TPSA) is 110 Å². The summed E-state index contributed by atoms with van der Waals surface area (Å²) in [6.45, 7) is 6.79. The number of alkyl carbamates (subject to hydrolysis) is 1. The van der Waals surface area contributed by atoms with Crippen LogP contribution in [0.5, 0.6) is 5.88 Å². The molecule has 3 heterocycles. The van der Waals surface area contributed by atoms with E-state index in [1.807, 2.05) is 0 Å². The Balaban J connectivity index is 1.60. The summed E-state index contributed by atoms with van der Waals surface area (Å²) in [5, 5.41) is 2.56. The summed E-state index contributed by atoms with van der Waals surface area (Å²) in [7, 11) is 0. The van der Waals surface area contributed by atoms with Gasteiger partial charge in [-0.2, -0.15) is 18.2 Å². The van der Waals surface area contributed by atoms with Crippen molar-refractivity contribution in [2.45, 2.75) is 45.5 Å². The van der Waals surface area contributed by atoms with Crippen LogP contribution >= 0.6 is 0 Å². The van der Waals surface area contributed by atoms with E-state index in [2.05, 4.69) is 20.3 Å². The molecule has 0 bridgehead atoms. The van der Waals surface area contributed by atoms with Gasteiger partial charge in [-0.15, -0.1) is 0 Å². The molecule has 0 saturated carbocycles. The van der Waals surface area contributed by atoms with Crippen molar-refractivity contribution in [3.63, 3.8) is 0 Å². The van der Waals surface area contributed by atoms with Crippen molar-refractivity contribution in [1.29, 1.82) is 0 Å². The van der Waals surface area contributed by atoms with Crippen LogP contribution in [0.2, 0.25) is 0 Å². The van der Waals surface area contributed by atoms with Gasteiger partial charge < -0.3 is 19.7 Å². The van der Waals surface area contributed by atoms with Gasteiger partial charge >= 0.3 is 12.3 Å². The number of nitrogens with one attached hydrogen (secondary N) is 1. The predicted octanol–water partition coefficient (Wildman–Crippen LogP) is 3.17. The molecule has 36 heavy (non-hydrogen) atoms. The molecule has 1 N–H and O–H groups in total. The number of carbonyl (C=O) groups excluding carboxylic acids is 2. The van der Waals surface area contributed by atoms with Gasteiger partial charge in [0.25, 0.3) is 5.88 Å². The molecule has 2 aromatic heterocycles. The van der Waals surface area contributed by atoms with Crippen LogP contribution in [0.4, 0.5) is 34.1 Å². The summed E-state index contributed by atoms with van der Waals surface area (Å²) in [6, 6.07) is 1.88. The van der Waals surface area contributed by atoms with Crippen molar-refractivity contribution in [2.24, 2.45) is 0 Å². The largest absolute Gasteiger partial charge is 0.473 e. The standard InChI is InChI=1S/C22H26F4N6O4/c1-13(29-20(34)36-21(2,3)4)12-35-18-15(23)5-6-16(30-18)32-8-7-31(11-17(32)33)19-27-9-14(10-28-19)22(24,25)26/h5-6,9-10,13H,7-8,11-12H2,1-4H3,(H,29,34)/t13-/m0/s1. The Kier molecular flexibility index (Phi) is 7.84. The number of rotatable bonds is 6. The van der Waals surface area contributed by atoms with Crippen molar-refractivity contribution >= 4 is 23.8 Å². The maximum absolute atomic E-state index is 14.3. The number of amides is 2. The lowest BCUT2D eigenvalue weighted by Gasteiger charge is -2.33. The Labute approximate surface area is 204 Å². The van der Waals surface area contributed by atoms with Gasteiger partial charge in [0.15, 0.2) is 5.82 Å². The number of anilines is 2.